The molecular formula is C16H11BClN5O. The number of rotatable bonds is 2. The van der Waals surface area contributed by atoms with Crippen molar-refractivity contribution >= 4 is 41.6 Å². The van der Waals surface area contributed by atoms with Crippen molar-refractivity contribution in [1.29, 1.82) is 0 Å². The monoisotopic (exact) mass is 335 g/mol. The second kappa shape index (κ2) is 5.45. The SMILES string of the molecule is [B]c1cnc2nc(-c3cn4cc(C)nc4c(OC)n3)cc(Cl)c2c1. The van der Waals surface area contributed by atoms with Gasteiger partial charge in [-0.2, -0.15) is 0 Å². The molecule has 0 aromatic carbocycles. The summed E-state index contributed by atoms with van der Waals surface area (Å²) >= 11 is 6.37. The molecule has 116 valence electrons. The maximum atomic E-state index is 6.37. The summed E-state index contributed by atoms with van der Waals surface area (Å²) in [5, 5.41) is 1.21. The maximum absolute atomic E-state index is 6.37. The Morgan fingerprint density at radius 3 is 2.75 bits per heavy atom. The molecule has 0 aliphatic rings. The fraction of sp³-hybridized carbons (Fsp3) is 0.125. The Morgan fingerprint density at radius 2 is 1.96 bits per heavy atom. The molecule has 4 heterocycles. The van der Waals surface area contributed by atoms with Gasteiger partial charge in [-0.25, -0.2) is 19.9 Å². The number of aryl methyl sites for hydroxylation is 1. The van der Waals surface area contributed by atoms with Gasteiger partial charge in [-0.1, -0.05) is 23.1 Å². The van der Waals surface area contributed by atoms with Crippen LogP contribution in [0.25, 0.3) is 28.1 Å². The van der Waals surface area contributed by atoms with Crippen molar-refractivity contribution < 1.29 is 4.74 Å². The van der Waals surface area contributed by atoms with Crippen LogP contribution in [-0.2, 0) is 0 Å². The molecule has 0 aliphatic carbocycles. The fourth-order valence-electron chi connectivity index (χ4n) is 2.57. The Kier molecular flexibility index (Phi) is 3.39. The van der Waals surface area contributed by atoms with E-state index in [2.05, 4.69) is 19.9 Å². The number of ether oxygens (including phenoxy) is 1. The maximum Gasteiger partial charge on any atom is 0.258 e. The van der Waals surface area contributed by atoms with Gasteiger partial charge in [0.2, 0.25) is 5.65 Å². The number of aromatic nitrogens is 5. The summed E-state index contributed by atoms with van der Waals surface area (Å²) in [7, 11) is 7.31. The minimum absolute atomic E-state index is 0.420. The van der Waals surface area contributed by atoms with Crippen LogP contribution in [0.5, 0.6) is 5.88 Å². The number of imidazole rings is 1. The quantitative estimate of drug-likeness (QED) is 0.525. The van der Waals surface area contributed by atoms with E-state index in [1.807, 2.05) is 23.7 Å². The highest BCUT2D eigenvalue weighted by Crippen LogP contribution is 2.28. The first kappa shape index (κ1) is 14.9. The van der Waals surface area contributed by atoms with Crippen molar-refractivity contribution in [2.45, 2.75) is 6.92 Å². The van der Waals surface area contributed by atoms with Gasteiger partial charge in [-0.05, 0) is 13.0 Å². The molecular weight excluding hydrogens is 324 g/mol. The summed E-state index contributed by atoms with van der Waals surface area (Å²) < 4.78 is 7.20. The van der Waals surface area contributed by atoms with Crippen molar-refractivity contribution in [3.8, 4) is 17.3 Å². The Balaban J connectivity index is 1.96. The smallest absolute Gasteiger partial charge is 0.258 e. The van der Waals surface area contributed by atoms with E-state index in [0.717, 1.165) is 5.69 Å². The van der Waals surface area contributed by atoms with E-state index in [1.165, 1.54) is 0 Å². The average molecular weight is 336 g/mol. The van der Waals surface area contributed by atoms with E-state index in [9.17, 15) is 0 Å². The molecule has 0 N–H and O–H groups in total. The molecule has 0 saturated heterocycles. The number of hydrogen-bond acceptors (Lipinski definition) is 5. The van der Waals surface area contributed by atoms with Crippen molar-refractivity contribution in [3.63, 3.8) is 0 Å². The van der Waals surface area contributed by atoms with E-state index in [4.69, 9.17) is 24.2 Å². The second-order valence-electron chi connectivity index (χ2n) is 5.38. The average Bonchev–Trinajstić information content (AvgIpc) is 2.94. The van der Waals surface area contributed by atoms with Gasteiger partial charge in [0, 0.05) is 24.0 Å². The van der Waals surface area contributed by atoms with Crippen LogP contribution < -0.4 is 10.2 Å². The summed E-state index contributed by atoms with van der Waals surface area (Å²) in [4.78, 5) is 17.7. The third-order valence-corrected chi connectivity index (χ3v) is 3.93. The molecule has 0 fully saturated rings. The third kappa shape index (κ3) is 2.37. The Labute approximate surface area is 143 Å². The number of halogens is 1. The van der Waals surface area contributed by atoms with Crippen molar-refractivity contribution in [3.05, 3.63) is 41.4 Å². The van der Waals surface area contributed by atoms with E-state index in [1.54, 1.807) is 25.4 Å². The van der Waals surface area contributed by atoms with Crippen LogP contribution in [0.1, 0.15) is 5.69 Å². The molecule has 6 nitrogen and oxygen atoms in total. The zero-order valence-corrected chi connectivity index (χ0v) is 13.7. The minimum atomic E-state index is 0.420. The lowest BCUT2D eigenvalue weighted by molar-refractivity contribution is 0.400. The normalized spacial score (nSPS) is 11.3. The van der Waals surface area contributed by atoms with Crippen LogP contribution in [0, 0.1) is 6.92 Å². The molecule has 0 amide bonds. The van der Waals surface area contributed by atoms with E-state index < -0.39 is 0 Å². The summed E-state index contributed by atoms with van der Waals surface area (Å²) in [5.74, 6) is 0.420. The molecule has 0 saturated carbocycles. The van der Waals surface area contributed by atoms with Gasteiger partial charge in [0.1, 0.15) is 13.5 Å². The van der Waals surface area contributed by atoms with Gasteiger partial charge < -0.3 is 9.14 Å². The molecule has 0 unspecified atom stereocenters. The molecule has 4 aromatic rings. The number of fused-ring (bicyclic) bond motifs is 2. The zero-order valence-electron chi connectivity index (χ0n) is 13.0. The summed E-state index contributed by atoms with van der Waals surface area (Å²) in [6.45, 7) is 1.91. The molecule has 4 rings (SSSR count). The first-order chi connectivity index (χ1) is 11.5. The van der Waals surface area contributed by atoms with E-state index >= 15 is 0 Å². The standard InChI is InChI=1S/C16H11BClN5O/c1-8-6-23-7-13(22-16(24-2)15(23)20-8)12-4-11(18)10-3-9(17)5-19-14(10)21-12/h3-7H,1-2H3. The van der Waals surface area contributed by atoms with Gasteiger partial charge in [0.05, 0.1) is 23.5 Å². The molecule has 0 aliphatic heterocycles. The van der Waals surface area contributed by atoms with Crippen molar-refractivity contribution in [1.82, 2.24) is 24.3 Å². The number of methoxy groups -OCH3 is 1. The Morgan fingerprint density at radius 1 is 1.12 bits per heavy atom. The number of pyridine rings is 2. The Bertz CT molecular complexity index is 1090. The molecule has 2 radical (unpaired) electrons. The lowest BCUT2D eigenvalue weighted by Gasteiger charge is -2.08. The molecule has 4 aromatic heterocycles. The van der Waals surface area contributed by atoms with Gasteiger partial charge in [-0.3, -0.25) is 0 Å². The predicted molar refractivity (Wildman–Crippen MR) is 93.2 cm³/mol. The molecule has 0 bridgehead atoms. The van der Waals surface area contributed by atoms with E-state index in [0.29, 0.717) is 44.4 Å². The Hall–Kier alpha value is -2.67. The summed E-state index contributed by atoms with van der Waals surface area (Å²) in [6, 6.07) is 3.49. The molecule has 8 heteroatoms. The van der Waals surface area contributed by atoms with Crippen LogP contribution in [0.2, 0.25) is 5.02 Å². The summed E-state index contributed by atoms with van der Waals surface area (Å²) in [6.07, 6.45) is 5.27. The first-order valence-electron chi connectivity index (χ1n) is 7.17. The molecule has 0 atom stereocenters. The largest absolute Gasteiger partial charge is 0.478 e. The minimum Gasteiger partial charge on any atom is -0.478 e. The van der Waals surface area contributed by atoms with Crippen molar-refractivity contribution in [2.75, 3.05) is 7.11 Å². The number of nitrogens with zero attached hydrogens (tertiary/aromatic N) is 5. The van der Waals surface area contributed by atoms with E-state index in [-0.39, 0.29) is 0 Å². The molecule has 24 heavy (non-hydrogen) atoms. The first-order valence-corrected chi connectivity index (χ1v) is 7.55. The number of hydrogen-bond donors (Lipinski definition) is 0. The summed E-state index contributed by atoms with van der Waals surface area (Å²) in [5.41, 5.74) is 3.77. The zero-order chi connectivity index (χ0) is 16.8. The van der Waals surface area contributed by atoms with Crippen LogP contribution in [0.4, 0.5) is 0 Å². The lowest BCUT2D eigenvalue weighted by Crippen LogP contribution is -2.04. The van der Waals surface area contributed by atoms with Gasteiger partial charge >= 0.3 is 0 Å². The van der Waals surface area contributed by atoms with Crippen LogP contribution >= 0.6 is 11.6 Å². The second-order valence-corrected chi connectivity index (χ2v) is 5.78. The highest BCUT2D eigenvalue weighted by Gasteiger charge is 2.14. The van der Waals surface area contributed by atoms with Gasteiger partial charge in [0.25, 0.3) is 5.88 Å². The van der Waals surface area contributed by atoms with Crippen LogP contribution in [-0.4, -0.2) is 39.3 Å². The van der Waals surface area contributed by atoms with Gasteiger partial charge in [-0.15, -0.1) is 0 Å². The van der Waals surface area contributed by atoms with Crippen molar-refractivity contribution in [2.24, 2.45) is 0 Å². The van der Waals surface area contributed by atoms with Crippen LogP contribution in [0.3, 0.4) is 0 Å². The molecule has 0 spiro atoms. The lowest BCUT2D eigenvalue weighted by atomic mass is 9.97. The fourth-order valence-corrected chi connectivity index (χ4v) is 2.81. The topological polar surface area (TPSA) is 65.2 Å². The predicted octanol–water partition coefficient (Wildman–Crippen LogP) is 2.10. The van der Waals surface area contributed by atoms with Gasteiger partial charge in [0.15, 0.2) is 5.65 Å². The highest BCUT2D eigenvalue weighted by atomic mass is 35.5. The third-order valence-electron chi connectivity index (χ3n) is 3.62. The van der Waals surface area contributed by atoms with Crippen LogP contribution in [0.15, 0.2) is 30.7 Å². The highest BCUT2D eigenvalue weighted by molar-refractivity contribution is 6.37.